The van der Waals surface area contributed by atoms with Gasteiger partial charge in [-0.1, -0.05) is 6.08 Å². The van der Waals surface area contributed by atoms with E-state index in [9.17, 15) is 0 Å². The third-order valence-electron chi connectivity index (χ3n) is 0.371. The minimum Gasteiger partial charge on any atom is -0.151 e. The van der Waals surface area contributed by atoms with Crippen LogP contribution in [0.15, 0.2) is 23.5 Å². The molecular formula is C5H8S2. The van der Waals surface area contributed by atoms with Crippen molar-refractivity contribution in [3.8, 4) is 0 Å². The van der Waals surface area contributed by atoms with Gasteiger partial charge in [-0.15, -0.1) is 18.3 Å². The molecule has 0 spiro atoms. The summed E-state index contributed by atoms with van der Waals surface area (Å²) in [5.41, 5.74) is 0. The standard InChI is InChI=1S/C5H8S2/c1-2-4-7-5-3-6/h2-3,5-6H,1,4H2/b5-3+. The van der Waals surface area contributed by atoms with Crippen LogP contribution >= 0.6 is 24.4 Å². The van der Waals surface area contributed by atoms with Gasteiger partial charge in [0.1, 0.15) is 0 Å². The summed E-state index contributed by atoms with van der Waals surface area (Å²) in [6, 6.07) is 0. The van der Waals surface area contributed by atoms with Crippen LogP contribution in [0.4, 0.5) is 0 Å². The van der Waals surface area contributed by atoms with Gasteiger partial charge in [-0.25, -0.2) is 0 Å². The predicted molar refractivity (Wildman–Crippen MR) is 40.8 cm³/mol. The van der Waals surface area contributed by atoms with Gasteiger partial charge in [0.25, 0.3) is 0 Å². The Bertz CT molecular complexity index is 66.5. The molecule has 0 saturated carbocycles. The fourth-order valence-electron chi connectivity index (χ4n) is 0.167. The van der Waals surface area contributed by atoms with Gasteiger partial charge >= 0.3 is 0 Å². The van der Waals surface area contributed by atoms with Crippen molar-refractivity contribution in [1.29, 1.82) is 0 Å². The van der Waals surface area contributed by atoms with Gasteiger partial charge in [0.15, 0.2) is 0 Å². The van der Waals surface area contributed by atoms with E-state index in [4.69, 9.17) is 0 Å². The minimum absolute atomic E-state index is 0.969. The first-order chi connectivity index (χ1) is 3.41. The quantitative estimate of drug-likeness (QED) is 0.349. The molecule has 0 unspecified atom stereocenters. The maximum absolute atomic E-state index is 3.86. The highest BCUT2D eigenvalue weighted by Crippen LogP contribution is 2.00. The molecule has 7 heavy (non-hydrogen) atoms. The predicted octanol–water partition coefficient (Wildman–Crippen LogP) is 2.31. The first-order valence-corrected chi connectivity index (χ1v) is 3.50. The molecule has 0 saturated heterocycles. The second-order valence-electron chi connectivity index (χ2n) is 0.907. The zero-order chi connectivity index (χ0) is 5.54. The smallest absolute Gasteiger partial charge is 0.0152 e. The average Bonchev–Trinajstić information content (AvgIpc) is 1.69. The number of thiol groups is 1. The molecule has 0 N–H and O–H groups in total. The van der Waals surface area contributed by atoms with Crippen molar-refractivity contribution >= 4 is 24.4 Å². The molecule has 2 heteroatoms. The lowest BCUT2D eigenvalue weighted by atomic mass is 10.8. The second kappa shape index (κ2) is 6.18. The van der Waals surface area contributed by atoms with E-state index in [2.05, 4.69) is 19.2 Å². The van der Waals surface area contributed by atoms with Crippen molar-refractivity contribution in [2.75, 3.05) is 5.75 Å². The first kappa shape index (κ1) is 7.18. The molecule has 0 atom stereocenters. The molecule has 0 aliphatic rings. The van der Waals surface area contributed by atoms with Crippen LogP contribution in [0.1, 0.15) is 0 Å². The van der Waals surface area contributed by atoms with Gasteiger partial charge < -0.3 is 0 Å². The Labute approximate surface area is 54.1 Å². The Morgan fingerprint density at radius 3 is 2.86 bits per heavy atom. The molecule has 0 bridgehead atoms. The lowest BCUT2D eigenvalue weighted by molar-refractivity contribution is 1.83. The zero-order valence-corrected chi connectivity index (χ0v) is 5.71. The van der Waals surface area contributed by atoms with Crippen LogP contribution in [0.5, 0.6) is 0 Å². The van der Waals surface area contributed by atoms with Gasteiger partial charge in [-0.2, -0.15) is 12.6 Å². The fourth-order valence-corrected chi connectivity index (χ4v) is 0.758. The number of hydrogen-bond donors (Lipinski definition) is 1. The van der Waals surface area contributed by atoms with E-state index in [1.807, 2.05) is 11.5 Å². The highest BCUT2D eigenvalue weighted by Gasteiger charge is 1.68. The molecule has 0 radical (unpaired) electrons. The lowest BCUT2D eigenvalue weighted by Crippen LogP contribution is -1.57. The largest absolute Gasteiger partial charge is 0.151 e. The summed E-state index contributed by atoms with van der Waals surface area (Å²) in [4.78, 5) is 0. The van der Waals surface area contributed by atoms with Gasteiger partial charge in [-0.3, -0.25) is 0 Å². The third kappa shape index (κ3) is 6.18. The number of rotatable bonds is 3. The van der Waals surface area contributed by atoms with Crippen LogP contribution in [-0.4, -0.2) is 5.75 Å². The molecule has 0 aliphatic carbocycles. The van der Waals surface area contributed by atoms with Gasteiger partial charge in [0, 0.05) is 5.75 Å². The molecule has 0 aromatic rings. The van der Waals surface area contributed by atoms with Crippen LogP contribution in [-0.2, 0) is 0 Å². The Balaban J connectivity index is 2.82. The summed E-state index contributed by atoms with van der Waals surface area (Å²) >= 11 is 5.54. The summed E-state index contributed by atoms with van der Waals surface area (Å²) < 4.78 is 0. The molecule has 40 valence electrons. The van der Waals surface area contributed by atoms with Crippen LogP contribution in [0, 0.1) is 0 Å². The normalized spacial score (nSPS) is 9.86. The molecule has 0 amide bonds. The molecule has 0 rings (SSSR count). The summed E-state index contributed by atoms with van der Waals surface area (Å²) in [7, 11) is 0. The second-order valence-corrected chi connectivity index (χ2v) is 2.14. The van der Waals surface area contributed by atoms with E-state index in [0.29, 0.717) is 0 Å². The molecule has 0 aromatic carbocycles. The van der Waals surface area contributed by atoms with E-state index in [0.717, 1.165) is 5.75 Å². The number of thioether (sulfide) groups is 1. The number of hydrogen-bond acceptors (Lipinski definition) is 2. The van der Waals surface area contributed by atoms with Gasteiger partial charge in [-0.05, 0) is 10.8 Å². The van der Waals surface area contributed by atoms with Crippen LogP contribution in [0.2, 0.25) is 0 Å². The Hall–Kier alpha value is 0.180. The molecule has 0 aliphatic heterocycles. The first-order valence-electron chi connectivity index (χ1n) is 1.93. The topological polar surface area (TPSA) is 0 Å². The SMILES string of the molecule is C=CCS/C=C/S. The zero-order valence-electron chi connectivity index (χ0n) is 4.00. The fraction of sp³-hybridized carbons (Fsp3) is 0.200. The summed E-state index contributed by atoms with van der Waals surface area (Å²) in [6.07, 6.45) is 1.86. The monoisotopic (exact) mass is 132 g/mol. The molecule has 0 heterocycles. The molecule has 0 nitrogen and oxygen atoms in total. The Morgan fingerprint density at radius 1 is 1.71 bits per heavy atom. The van der Waals surface area contributed by atoms with E-state index in [-0.39, 0.29) is 0 Å². The van der Waals surface area contributed by atoms with Crippen molar-refractivity contribution in [2.45, 2.75) is 0 Å². The van der Waals surface area contributed by atoms with Crippen molar-refractivity contribution in [3.63, 3.8) is 0 Å². The van der Waals surface area contributed by atoms with Crippen molar-refractivity contribution < 1.29 is 0 Å². The van der Waals surface area contributed by atoms with E-state index < -0.39 is 0 Å². The van der Waals surface area contributed by atoms with Gasteiger partial charge in [0.05, 0.1) is 0 Å². The van der Waals surface area contributed by atoms with Crippen molar-refractivity contribution in [1.82, 2.24) is 0 Å². The van der Waals surface area contributed by atoms with Crippen LogP contribution in [0.25, 0.3) is 0 Å². The van der Waals surface area contributed by atoms with Crippen molar-refractivity contribution in [2.24, 2.45) is 0 Å². The minimum atomic E-state index is 0.969. The maximum atomic E-state index is 3.86. The summed E-state index contributed by atoms with van der Waals surface area (Å²) in [5, 5.41) is 3.64. The third-order valence-corrected chi connectivity index (χ3v) is 1.48. The van der Waals surface area contributed by atoms with E-state index in [1.165, 1.54) is 0 Å². The van der Waals surface area contributed by atoms with E-state index in [1.54, 1.807) is 17.2 Å². The van der Waals surface area contributed by atoms with Gasteiger partial charge in [0.2, 0.25) is 0 Å². The Kier molecular flexibility index (Phi) is 6.34. The Morgan fingerprint density at radius 2 is 2.43 bits per heavy atom. The molecular weight excluding hydrogens is 124 g/mol. The summed E-state index contributed by atoms with van der Waals surface area (Å²) in [6.45, 7) is 3.55. The maximum Gasteiger partial charge on any atom is 0.0152 e. The lowest BCUT2D eigenvalue weighted by Gasteiger charge is -1.79. The average molecular weight is 132 g/mol. The van der Waals surface area contributed by atoms with Crippen LogP contribution < -0.4 is 0 Å². The molecule has 0 fully saturated rings. The highest BCUT2D eigenvalue weighted by atomic mass is 32.2. The van der Waals surface area contributed by atoms with Crippen LogP contribution in [0.3, 0.4) is 0 Å². The molecule has 0 aromatic heterocycles. The van der Waals surface area contributed by atoms with Crippen molar-refractivity contribution in [3.05, 3.63) is 23.5 Å². The summed E-state index contributed by atoms with van der Waals surface area (Å²) in [5.74, 6) is 0.969. The van der Waals surface area contributed by atoms with E-state index >= 15 is 0 Å². The highest BCUT2D eigenvalue weighted by molar-refractivity contribution is 8.02.